The molecule has 0 aliphatic carbocycles. The molecule has 1 fully saturated rings. The Hall–Kier alpha value is -1.77. The number of anilines is 1. The van der Waals surface area contributed by atoms with Gasteiger partial charge in [0.05, 0.1) is 19.0 Å². The van der Waals surface area contributed by atoms with Crippen molar-refractivity contribution in [3.05, 3.63) is 45.8 Å². The first-order valence-electron chi connectivity index (χ1n) is 11.7. The van der Waals surface area contributed by atoms with Gasteiger partial charge in [-0.2, -0.15) is 5.10 Å². The van der Waals surface area contributed by atoms with Crippen molar-refractivity contribution in [2.24, 2.45) is 0 Å². The van der Waals surface area contributed by atoms with E-state index in [1.165, 1.54) is 23.9 Å². The summed E-state index contributed by atoms with van der Waals surface area (Å²) in [5.41, 5.74) is 0.544. The zero-order chi connectivity index (χ0) is 23.5. The van der Waals surface area contributed by atoms with Crippen LogP contribution in [0, 0.1) is 0 Å². The van der Waals surface area contributed by atoms with Crippen molar-refractivity contribution in [3.63, 3.8) is 0 Å². The smallest absolute Gasteiger partial charge is 0.287 e. The van der Waals surface area contributed by atoms with E-state index >= 15 is 0 Å². The molecule has 1 saturated heterocycles. The number of hydrogen-bond acceptors (Lipinski definition) is 6. The molecule has 9 heteroatoms. The number of methoxy groups -OCH3 is 1. The average Bonchev–Trinajstić information content (AvgIpc) is 2.85. The Bertz CT molecular complexity index is 919. The van der Waals surface area contributed by atoms with Crippen LogP contribution in [0.1, 0.15) is 32.1 Å². The fourth-order valence-corrected chi connectivity index (χ4v) is 4.62. The average molecular weight is 542 g/mol. The van der Waals surface area contributed by atoms with Crippen LogP contribution >= 0.6 is 27.5 Å². The number of aromatic nitrogens is 2. The summed E-state index contributed by atoms with van der Waals surface area (Å²) < 4.78 is 12.7. The van der Waals surface area contributed by atoms with Crippen molar-refractivity contribution in [3.8, 4) is 11.5 Å². The molecule has 3 rings (SSSR count). The molecule has 33 heavy (non-hydrogen) atoms. The number of unbranched alkanes of at least 4 members (excludes halogenated alkanes) is 4. The first kappa shape index (κ1) is 25.8. The van der Waals surface area contributed by atoms with Crippen LogP contribution in [0.2, 0.25) is 5.02 Å². The monoisotopic (exact) mass is 540 g/mol. The summed E-state index contributed by atoms with van der Waals surface area (Å²) in [5, 5.41) is 5.72. The third kappa shape index (κ3) is 7.62. The fraction of sp³-hybridized carbons (Fsp3) is 0.583. The van der Waals surface area contributed by atoms with Gasteiger partial charge in [0.1, 0.15) is 11.6 Å². The number of aryl methyl sites for hydroxylation is 1. The second-order valence-corrected chi connectivity index (χ2v) is 9.33. The molecule has 0 N–H and O–H groups in total. The highest BCUT2D eigenvalue weighted by Gasteiger charge is 2.21. The van der Waals surface area contributed by atoms with Gasteiger partial charge < -0.3 is 14.4 Å². The zero-order valence-corrected chi connectivity index (χ0v) is 21.7. The van der Waals surface area contributed by atoms with E-state index in [1.54, 1.807) is 13.3 Å². The van der Waals surface area contributed by atoms with Crippen LogP contribution in [-0.4, -0.2) is 66.5 Å². The minimum absolute atomic E-state index is 0.192. The van der Waals surface area contributed by atoms with E-state index in [9.17, 15) is 4.79 Å². The van der Waals surface area contributed by atoms with Gasteiger partial charge in [-0.15, -0.1) is 0 Å². The number of hydrogen-bond donors (Lipinski definition) is 0. The van der Waals surface area contributed by atoms with Gasteiger partial charge in [0.2, 0.25) is 0 Å². The molecule has 0 amide bonds. The Morgan fingerprint density at radius 1 is 1.00 bits per heavy atom. The van der Waals surface area contributed by atoms with Crippen LogP contribution in [0.5, 0.6) is 11.5 Å². The number of benzene rings is 1. The fourth-order valence-electron chi connectivity index (χ4n) is 3.96. The number of halogens is 2. The summed E-state index contributed by atoms with van der Waals surface area (Å²) in [5.74, 6) is 1.50. The summed E-state index contributed by atoms with van der Waals surface area (Å²) in [6.45, 7) is 5.39. The Balaban J connectivity index is 1.44. The Morgan fingerprint density at radius 2 is 1.70 bits per heavy atom. The highest BCUT2D eigenvalue weighted by molar-refractivity contribution is 9.09. The molecule has 0 saturated carbocycles. The summed E-state index contributed by atoms with van der Waals surface area (Å²) in [6.07, 6.45) is 7.38. The lowest BCUT2D eigenvalue weighted by Gasteiger charge is -2.36. The maximum absolute atomic E-state index is 12.7. The number of rotatable bonds is 13. The molecule has 7 nitrogen and oxygen atoms in total. The predicted molar refractivity (Wildman–Crippen MR) is 138 cm³/mol. The Morgan fingerprint density at radius 3 is 2.42 bits per heavy atom. The molecule has 1 aliphatic heterocycles. The molecule has 0 radical (unpaired) electrons. The maximum Gasteiger partial charge on any atom is 0.287 e. The topological polar surface area (TPSA) is 59.8 Å². The molecule has 0 atom stereocenters. The maximum atomic E-state index is 12.7. The number of piperazine rings is 1. The summed E-state index contributed by atoms with van der Waals surface area (Å²) in [4.78, 5) is 17.2. The van der Waals surface area contributed by atoms with E-state index < -0.39 is 0 Å². The van der Waals surface area contributed by atoms with Gasteiger partial charge in [-0.3, -0.25) is 9.69 Å². The van der Waals surface area contributed by atoms with E-state index in [4.69, 9.17) is 21.1 Å². The van der Waals surface area contributed by atoms with Gasteiger partial charge in [0.25, 0.3) is 5.56 Å². The van der Waals surface area contributed by atoms with Gasteiger partial charge >= 0.3 is 0 Å². The van der Waals surface area contributed by atoms with E-state index in [1.807, 2.05) is 24.3 Å². The molecule has 0 bridgehead atoms. The molecule has 0 spiro atoms. The number of para-hydroxylation sites is 2. The molecule has 182 valence electrons. The van der Waals surface area contributed by atoms with Crippen LogP contribution in [0.3, 0.4) is 0 Å². The third-order valence-corrected chi connectivity index (χ3v) is 6.83. The zero-order valence-electron chi connectivity index (χ0n) is 19.3. The Labute approximate surface area is 209 Å². The van der Waals surface area contributed by atoms with Gasteiger partial charge in [-0.25, -0.2) is 4.68 Å². The van der Waals surface area contributed by atoms with Crippen molar-refractivity contribution in [1.29, 1.82) is 0 Å². The predicted octanol–water partition coefficient (Wildman–Crippen LogP) is 4.45. The minimum Gasteiger partial charge on any atom is -0.493 e. The second kappa shape index (κ2) is 13.8. The molecule has 2 heterocycles. The molecule has 1 aromatic heterocycles. The number of ether oxygens (including phenoxy) is 2. The van der Waals surface area contributed by atoms with Crippen molar-refractivity contribution in [2.45, 2.75) is 38.6 Å². The van der Waals surface area contributed by atoms with Crippen LogP contribution < -0.4 is 19.9 Å². The van der Waals surface area contributed by atoms with E-state index in [-0.39, 0.29) is 10.6 Å². The summed E-state index contributed by atoms with van der Waals surface area (Å²) in [6, 6.07) is 7.68. The minimum atomic E-state index is -0.192. The SMILES string of the molecule is COc1ccccc1OCCN1CCN(c2cnn(CCCCCCCBr)c(=O)c2Cl)CC1. The first-order valence-corrected chi connectivity index (χ1v) is 13.2. The third-order valence-electron chi connectivity index (χ3n) is 5.92. The van der Waals surface area contributed by atoms with Crippen LogP contribution in [0.4, 0.5) is 5.69 Å². The lowest BCUT2D eigenvalue weighted by Crippen LogP contribution is -2.48. The van der Waals surface area contributed by atoms with Gasteiger partial charge in [0, 0.05) is 44.6 Å². The van der Waals surface area contributed by atoms with E-state index in [2.05, 4.69) is 30.8 Å². The molecular weight excluding hydrogens is 508 g/mol. The van der Waals surface area contributed by atoms with E-state index in [0.717, 1.165) is 68.1 Å². The molecule has 1 aliphatic rings. The second-order valence-electron chi connectivity index (χ2n) is 8.16. The number of nitrogens with zero attached hydrogens (tertiary/aromatic N) is 4. The molecule has 0 unspecified atom stereocenters. The van der Waals surface area contributed by atoms with Gasteiger partial charge in [0.15, 0.2) is 11.5 Å². The van der Waals surface area contributed by atoms with Crippen LogP contribution in [-0.2, 0) is 6.54 Å². The van der Waals surface area contributed by atoms with E-state index in [0.29, 0.717) is 13.2 Å². The highest BCUT2D eigenvalue weighted by Crippen LogP contribution is 2.26. The van der Waals surface area contributed by atoms with Gasteiger partial charge in [-0.1, -0.05) is 58.9 Å². The largest absolute Gasteiger partial charge is 0.493 e. The van der Waals surface area contributed by atoms with Crippen molar-refractivity contribution >= 4 is 33.2 Å². The standard InChI is InChI=1S/C24H34BrClN4O3/c1-32-21-9-5-6-10-22(21)33-18-17-28-13-15-29(16-14-28)20-19-27-30(24(31)23(20)26)12-8-4-2-3-7-11-25/h5-6,9-10,19H,2-4,7-8,11-18H2,1H3. The molecular formula is C24H34BrClN4O3. The Kier molecular flexibility index (Phi) is 10.8. The van der Waals surface area contributed by atoms with Gasteiger partial charge in [-0.05, 0) is 25.0 Å². The number of alkyl halides is 1. The lowest BCUT2D eigenvalue weighted by atomic mass is 10.1. The quantitative estimate of drug-likeness (QED) is 0.276. The van der Waals surface area contributed by atoms with Crippen LogP contribution in [0.15, 0.2) is 35.3 Å². The van der Waals surface area contributed by atoms with Crippen LogP contribution in [0.25, 0.3) is 0 Å². The summed E-state index contributed by atoms with van der Waals surface area (Å²) in [7, 11) is 1.65. The lowest BCUT2D eigenvalue weighted by molar-refractivity contribution is 0.197. The normalized spacial score (nSPS) is 14.5. The summed E-state index contributed by atoms with van der Waals surface area (Å²) >= 11 is 9.92. The highest BCUT2D eigenvalue weighted by atomic mass is 79.9. The van der Waals surface area contributed by atoms with Crippen molar-refractivity contribution in [1.82, 2.24) is 14.7 Å². The van der Waals surface area contributed by atoms with Crippen molar-refractivity contribution in [2.75, 3.05) is 56.7 Å². The van der Waals surface area contributed by atoms with Crippen molar-refractivity contribution < 1.29 is 9.47 Å². The molecule has 1 aromatic carbocycles. The first-order chi connectivity index (χ1) is 16.1. The molecule has 2 aromatic rings.